The van der Waals surface area contributed by atoms with Crippen LogP contribution in [0.4, 0.5) is 0 Å². The summed E-state index contributed by atoms with van der Waals surface area (Å²) < 4.78 is 11.6. The number of aromatic nitrogens is 1. The molecule has 1 heterocycles. The van der Waals surface area contributed by atoms with E-state index < -0.39 is 0 Å². The molecular weight excluding hydrogens is 286 g/mol. The van der Waals surface area contributed by atoms with Gasteiger partial charge in [0, 0.05) is 22.2 Å². The Morgan fingerprint density at radius 3 is 2.30 bits per heavy atom. The second-order valence-corrected chi connectivity index (χ2v) is 6.05. The third kappa shape index (κ3) is 3.10. The van der Waals surface area contributed by atoms with Gasteiger partial charge in [0.1, 0.15) is 11.9 Å². The lowest BCUT2D eigenvalue weighted by Gasteiger charge is -2.22. The van der Waals surface area contributed by atoms with E-state index in [-0.39, 0.29) is 12.2 Å². The van der Waals surface area contributed by atoms with Gasteiger partial charge in [-0.15, -0.1) is 0 Å². The van der Waals surface area contributed by atoms with Gasteiger partial charge in [0.25, 0.3) is 0 Å². The molecule has 1 unspecified atom stereocenters. The third-order valence-corrected chi connectivity index (χ3v) is 4.03. The van der Waals surface area contributed by atoms with Crippen LogP contribution in [-0.4, -0.2) is 18.2 Å². The van der Waals surface area contributed by atoms with E-state index in [0.29, 0.717) is 0 Å². The van der Waals surface area contributed by atoms with Crippen molar-refractivity contribution in [1.82, 2.24) is 4.98 Å². The van der Waals surface area contributed by atoms with E-state index in [1.54, 1.807) is 7.11 Å². The number of rotatable bonds is 5. The number of hydrogen-bond donors (Lipinski definition) is 1. The van der Waals surface area contributed by atoms with Crippen LogP contribution in [0.15, 0.2) is 48.5 Å². The Morgan fingerprint density at radius 2 is 1.65 bits per heavy atom. The molecule has 1 N–H and O–H groups in total. The average Bonchev–Trinajstić information content (AvgIpc) is 2.88. The second-order valence-electron chi connectivity index (χ2n) is 6.05. The molecule has 3 nitrogen and oxygen atoms in total. The minimum Gasteiger partial charge on any atom is -0.497 e. The van der Waals surface area contributed by atoms with Crippen molar-refractivity contribution in [1.29, 1.82) is 0 Å². The second kappa shape index (κ2) is 6.47. The van der Waals surface area contributed by atoms with E-state index in [1.807, 2.05) is 18.2 Å². The number of ether oxygens (including phenoxy) is 2. The van der Waals surface area contributed by atoms with Crippen LogP contribution >= 0.6 is 0 Å². The Labute approximate surface area is 137 Å². The maximum Gasteiger partial charge on any atom is 0.118 e. The Balaban J connectivity index is 2.12. The van der Waals surface area contributed by atoms with E-state index in [2.05, 4.69) is 56.1 Å². The molecule has 0 bridgehead atoms. The van der Waals surface area contributed by atoms with Gasteiger partial charge in [-0.05, 0) is 44.5 Å². The van der Waals surface area contributed by atoms with Gasteiger partial charge in [-0.25, -0.2) is 0 Å². The van der Waals surface area contributed by atoms with Crippen LogP contribution in [-0.2, 0) is 4.74 Å². The summed E-state index contributed by atoms with van der Waals surface area (Å²) in [5.41, 5.74) is 4.63. The highest BCUT2D eigenvalue weighted by Crippen LogP contribution is 2.35. The number of nitrogens with one attached hydrogen (secondary N) is 1. The smallest absolute Gasteiger partial charge is 0.118 e. The van der Waals surface area contributed by atoms with Gasteiger partial charge in [-0.1, -0.05) is 30.3 Å². The summed E-state index contributed by atoms with van der Waals surface area (Å²) in [7, 11) is 1.68. The van der Waals surface area contributed by atoms with Gasteiger partial charge in [-0.2, -0.15) is 0 Å². The first-order valence-electron chi connectivity index (χ1n) is 7.96. The van der Waals surface area contributed by atoms with E-state index in [0.717, 1.165) is 22.5 Å². The summed E-state index contributed by atoms with van der Waals surface area (Å²) >= 11 is 0. The first kappa shape index (κ1) is 15.6. The molecule has 0 saturated carbocycles. The molecule has 0 radical (unpaired) electrons. The third-order valence-electron chi connectivity index (χ3n) is 4.03. The van der Waals surface area contributed by atoms with Crippen molar-refractivity contribution in [3.05, 3.63) is 65.4 Å². The average molecular weight is 309 g/mol. The van der Waals surface area contributed by atoms with E-state index in [9.17, 15) is 0 Å². The van der Waals surface area contributed by atoms with Crippen LogP contribution in [0.3, 0.4) is 0 Å². The van der Waals surface area contributed by atoms with E-state index in [4.69, 9.17) is 9.47 Å². The fourth-order valence-electron chi connectivity index (χ4n) is 3.00. The van der Waals surface area contributed by atoms with Crippen molar-refractivity contribution < 1.29 is 9.47 Å². The summed E-state index contributed by atoms with van der Waals surface area (Å²) in [4.78, 5) is 3.47. The van der Waals surface area contributed by atoms with Crippen molar-refractivity contribution in [2.45, 2.75) is 33.0 Å². The number of benzene rings is 2. The molecule has 3 aromatic rings. The number of para-hydroxylation sites is 1. The Morgan fingerprint density at radius 1 is 0.957 bits per heavy atom. The lowest BCUT2D eigenvalue weighted by atomic mass is 9.98. The monoisotopic (exact) mass is 309 g/mol. The Kier molecular flexibility index (Phi) is 4.39. The van der Waals surface area contributed by atoms with Crippen molar-refractivity contribution >= 4 is 10.9 Å². The largest absolute Gasteiger partial charge is 0.497 e. The minimum atomic E-state index is -0.0999. The predicted octanol–water partition coefficient (Wildman–Crippen LogP) is 5.00. The van der Waals surface area contributed by atoms with Gasteiger partial charge in [0.15, 0.2) is 0 Å². The molecule has 0 amide bonds. The van der Waals surface area contributed by atoms with Crippen molar-refractivity contribution in [2.75, 3.05) is 7.11 Å². The summed E-state index contributed by atoms with van der Waals surface area (Å²) in [6.07, 6.45) is 0.0345. The quantitative estimate of drug-likeness (QED) is 0.719. The first-order chi connectivity index (χ1) is 11.1. The van der Waals surface area contributed by atoms with Gasteiger partial charge in [0.2, 0.25) is 0 Å². The lowest BCUT2D eigenvalue weighted by Crippen LogP contribution is -2.12. The summed E-state index contributed by atoms with van der Waals surface area (Å²) in [5.74, 6) is 0.854. The van der Waals surface area contributed by atoms with Crippen molar-refractivity contribution in [3.63, 3.8) is 0 Å². The van der Waals surface area contributed by atoms with Crippen LogP contribution in [0.2, 0.25) is 0 Å². The number of H-pyrrole nitrogens is 1. The summed E-state index contributed by atoms with van der Waals surface area (Å²) in [5, 5.41) is 1.21. The molecule has 1 aromatic heterocycles. The molecule has 1 atom stereocenters. The van der Waals surface area contributed by atoms with Crippen LogP contribution < -0.4 is 4.74 Å². The molecule has 2 aromatic carbocycles. The SMILES string of the molecule is COc1ccc(C(OC(C)C)c2c(C)[nH]c3ccccc23)cc1. The number of fused-ring (bicyclic) bond motifs is 1. The van der Waals surface area contributed by atoms with Crippen LogP contribution in [0, 0.1) is 6.92 Å². The first-order valence-corrected chi connectivity index (χ1v) is 7.96. The normalized spacial score (nSPS) is 12.7. The number of aromatic amines is 1. The maximum absolute atomic E-state index is 6.28. The molecule has 3 rings (SSSR count). The molecule has 0 spiro atoms. The molecule has 23 heavy (non-hydrogen) atoms. The molecule has 0 aliphatic carbocycles. The molecule has 3 heteroatoms. The number of hydrogen-bond acceptors (Lipinski definition) is 2. The zero-order chi connectivity index (χ0) is 16.4. The fourth-order valence-corrected chi connectivity index (χ4v) is 3.00. The Hall–Kier alpha value is -2.26. The van der Waals surface area contributed by atoms with Crippen LogP contribution in [0.1, 0.15) is 36.8 Å². The zero-order valence-corrected chi connectivity index (χ0v) is 14.1. The highest BCUT2D eigenvalue weighted by atomic mass is 16.5. The molecule has 0 aliphatic rings. The zero-order valence-electron chi connectivity index (χ0n) is 14.1. The minimum absolute atomic E-state index is 0.0999. The van der Waals surface area contributed by atoms with Gasteiger partial charge in [-0.3, -0.25) is 0 Å². The molecule has 0 saturated heterocycles. The fraction of sp³-hybridized carbons (Fsp3) is 0.300. The van der Waals surface area contributed by atoms with Crippen LogP contribution in [0.5, 0.6) is 5.75 Å². The standard InChI is InChI=1S/C20H23NO2/c1-13(2)23-20(15-9-11-16(22-4)12-10-15)19-14(3)21-18-8-6-5-7-17(18)19/h5-13,20-21H,1-4H3. The summed E-state index contributed by atoms with van der Waals surface area (Å²) in [6.45, 7) is 6.25. The van der Waals surface area contributed by atoms with E-state index >= 15 is 0 Å². The lowest BCUT2D eigenvalue weighted by molar-refractivity contribution is 0.0308. The van der Waals surface area contributed by atoms with Crippen molar-refractivity contribution in [3.8, 4) is 5.75 Å². The van der Waals surface area contributed by atoms with E-state index in [1.165, 1.54) is 10.9 Å². The molecule has 0 aliphatic heterocycles. The summed E-state index contributed by atoms with van der Waals surface area (Å²) in [6, 6.07) is 16.5. The van der Waals surface area contributed by atoms with Gasteiger partial charge < -0.3 is 14.5 Å². The predicted molar refractivity (Wildman–Crippen MR) is 94.1 cm³/mol. The topological polar surface area (TPSA) is 34.2 Å². The highest BCUT2D eigenvalue weighted by molar-refractivity contribution is 5.85. The highest BCUT2D eigenvalue weighted by Gasteiger charge is 2.22. The van der Waals surface area contributed by atoms with Gasteiger partial charge in [0.05, 0.1) is 13.2 Å². The maximum atomic E-state index is 6.28. The number of methoxy groups -OCH3 is 1. The molecule has 0 fully saturated rings. The molecule has 120 valence electrons. The molecular formula is C20H23NO2. The van der Waals surface area contributed by atoms with Crippen molar-refractivity contribution in [2.24, 2.45) is 0 Å². The van der Waals surface area contributed by atoms with Crippen LogP contribution in [0.25, 0.3) is 10.9 Å². The number of aryl methyl sites for hydroxylation is 1. The van der Waals surface area contributed by atoms with Gasteiger partial charge >= 0.3 is 0 Å². The Bertz CT molecular complexity index is 787.